The van der Waals surface area contributed by atoms with Gasteiger partial charge in [-0.3, -0.25) is 14.7 Å². The molecule has 2 aromatic carbocycles. The molecule has 0 atom stereocenters. The number of nitrogens with zero attached hydrogens (tertiary/aromatic N) is 1. The zero-order chi connectivity index (χ0) is 24.8. The van der Waals surface area contributed by atoms with Gasteiger partial charge in [0.2, 0.25) is 10.4 Å². The fourth-order valence-electron chi connectivity index (χ4n) is 3.16. The van der Waals surface area contributed by atoms with Crippen molar-refractivity contribution in [2.45, 2.75) is 6.42 Å². The van der Waals surface area contributed by atoms with E-state index in [4.69, 9.17) is 36.5 Å². The number of fused-ring (bicyclic) bond motifs is 1. The van der Waals surface area contributed by atoms with Crippen LogP contribution in [0.3, 0.4) is 0 Å². The highest BCUT2D eigenvalue weighted by Crippen LogP contribution is 2.37. The molecule has 178 valence electrons. The maximum Gasteiger partial charge on any atom is 0.277 e. The molecule has 3 aromatic rings. The summed E-state index contributed by atoms with van der Waals surface area (Å²) in [7, 11) is 1.16. The van der Waals surface area contributed by atoms with E-state index in [0.29, 0.717) is 35.0 Å². The molecule has 1 heterocycles. The molecule has 3 rings (SSSR count). The molecule has 0 aliphatic carbocycles. The second-order valence-electron chi connectivity index (χ2n) is 6.45. The number of ether oxygens (including phenoxy) is 4. The minimum absolute atomic E-state index is 0.0384. The molecule has 0 spiro atoms. The Kier molecular flexibility index (Phi) is 8.34. The molecule has 0 aliphatic heterocycles. The molecule has 2 N–H and O–H groups in total. The Morgan fingerprint density at radius 2 is 1.42 bits per heavy atom. The molecule has 33 heavy (non-hydrogen) atoms. The number of hydrogen-bond donors (Lipinski definition) is 1. The summed E-state index contributed by atoms with van der Waals surface area (Å²) in [6.07, 6.45) is 2.08. The van der Waals surface area contributed by atoms with Crippen LogP contribution in [0.4, 0.5) is 5.69 Å². The van der Waals surface area contributed by atoms with Crippen LogP contribution < -0.4 is 23.9 Å². The van der Waals surface area contributed by atoms with Gasteiger partial charge in [0.15, 0.2) is 34.9 Å². The standard InChI is InChI=1S/C20H20N2O6.H2O4S/c1-25-17-8-12-5-6-21-15(14(12)10-19(17)27-3)7-13-9-18(26-2)20(28-4)11-16(13)22(23)24;1-5(2,3)4/h5-6,8-11H,7H2,1-4H3;(H2,1,2,3,4). The maximum atomic E-state index is 11.6. The number of pyridine rings is 1. The van der Waals surface area contributed by atoms with Crippen LogP contribution in [-0.2, 0) is 16.8 Å². The summed E-state index contributed by atoms with van der Waals surface area (Å²) in [4.78, 5) is 14.4. The second kappa shape index (κ2) is 10.8. The first-order valence-electron chi connectivity index (χ1n) is 9.15. The fraction of sp³-hybridized carbons (Fsp3) is 0.250. The first kappa shape index (κ1) is 25.6. The Labute approximate surface area is 189 Å². The molecular weight excluding hydrogens is 460 g/mol. The molecular formula is C20H22N2O10S. The van der Waals surface area contributed by atoms with Gasteiger partial charge >= 0.3 is 0 Å². The van der Waals surface area contributed by atoms with Gasteiger partial charge in [-0.1, -0.05) is 0 Å². The van der Waals surface area contributed by atoms with Gasteiger partial charge in [-0.25, -0.2) is 13.4 Å². The Hall–Kier alpha value is -3.68. The zero-order valence-corrected chi connectivity index (χ0v) is 19.0. The third kappa shape index (κ3) is 6.65. The molecule has 0 bridgehead atoms. The molecule has 0 saturated heterocycles. The third-order valence-electron chi connectivity index (χ3n) is 4.55. The number of nitro benzene ring substituents is 1. The predicted molar refractivity (Wildman–Crippen MR) is 115 cm³/mol. The van der Waals surface area contributed by atoms with Gasteiger partial charge in [0.25, 0.3) is 5.69 Å². The van der Waals surface area contributed by atoms with E-state index >= 15 is 0 Å². The molecule has 0 aliphatic rings. The van der Waals surface area contributed by atoms with Crippen molar-refractivity contribution in [2.75, 3.05) is 28.4 Å². The van der Waals surface area contributed by atoms with Gasteiger partial charge in [0.05, 0.1) is 51.2 Å². The monoisotopic (exact) mass is 482 g/mol. The van der Waals surface area contributed by atoms with Gasteiger partial charge < -0.3 is 23.5 Å². The highest BCUT2D eigenvalue weighted by molar-refractivity contribution is 7.79. The summed E-state index contributed by atoms with van der Waals surface area (Å²) in [6.45, 7) is 0. The van der Waals surface area contributed by atoms with Crippen molar-refractivity contribution in [3.8, 4) is 23.0 Å². The van der Waals surface area contributed by atoms with Crippen molar-refractivity contribution in [1.29, 1.82) is 0 Å². The third-order valence-corrected chi connectivity index (χ3v) is 4.55. The average Bonchev–Trinajstić information content (AvgIpc) is 2.76. The summed E-state index contributed by atoms with van der Waals surface area (Å²) in [5.74, 6) is 1.94. The maximum absolute atomic E-state index is 11.6. The lowest BCUT2D eigenvalue weighted by atomic mass is 10.0. The van der Waals surface area contributed by atoms with Crippen LogP contribution in [-0.4, -0.2) is 50.9 Å². The van der Waals surface area contributed by atoms with Crippen LogP contribution >= 0.6 is 0 Å². The Bertz CT molecular complexity index is 1250. The number of aromatic amines is 1. The largest absolute Gasteiger partial charge is 0.726 e. The summed E-state index contributed by atoms with van der Waals surface area (Å²) in [6, 6.07) is 8.64. The van der Waals surface area contributed by atoms with Gasteiger partial charge in [0.1, 0.15) is 0 Å². The quantitative estimate of drug-likeness (QED) is 0.228. The van der Waals surface area contributed by atoms with E-state index in [-0.39, 0.29) is 5.69 Å². The van der Waals surface area contributed by atoms with Crippen LogP contribution in [0.2, 0.25) is 0 Å². The van der Waals surface area contributed by atoms with Gasteiger partial charge in [-0.15, -0.1) is 0 Å². The van der Waals surface area contributed by atoms with E-state index in [9.17, 15) is 10.1 Å². The minimum Gasteiger partial charge on any atom is -0.726 e. The topological polar surface area (TPSA) is 172 Å². The summed E-state index contributed by atoms with van der Waals surface area (Å²) in [5.41, 5.74) is 1.26. The first-order valence-corrected chi connectivity index (χ1v) is 10.5. The number of hydrogen-bond acceptors (Lipinski definition) is 9. The van der Waals surface area contributed by atoms with Crippen LogP contribution in [0.15, 0.2) is 36.5 Å². The lowest BCUT2D eigenvalue weighted by Gasteiger charge is -2.11. The number of H-pyrrole nitrogens is 1. The molecule has 0 unspecified atom stereocenters. The van der Waals surface area contributed by atoms with E-state index in [1.807, 2.05) is 18.2 Å². The number of rotatable bonds is 7. The van der Waals surface area contributed by atoms with Crippen molar-refractivity contribution >= 4 is 26.9 Å². The van der Waals surface area contributed by atoms with Crippen molar-refractivity contribution in [3.63, 3.8) is 0 Å². The summed E-state index contributed by atoms with van der Waals surface area (Å²) >= 11 is 0. The number of methoxy groups -OCH3 is 4. The lowest BCUT2D eigenvalue weighted by Crippen LogP contribution is -2.12. The fourth-order valence-corrected chi connectivity index (χ4v) is 3.16. The molecule has 0 amide bonds. The zero-order valence-electron chi connectivity index (χ0n) is 18.1. The minimum atomic E-state index is -4.92. The lowest BCUT2D eigenvalue weighted by molar-refractivity contribution is -0.391. The molecule has 0 fully saturated rings. The smallest absolute Gasteiger partial charge is 0.277 e. The molecule has 0 saturated carbocycles. The molecule has 13 heteroatoms. The van der Waals surface area contributed by atoms with Crippen LogP contribution in [0.1, 0.15) is 11.3 Å². The van der Waals surface area contributed by atoms with Crippen LogP contribution in [0, 0.1) is 10.1 Å². The van der Waals surface area contributed by atoms with Gasteiger partial charge in [-0.05, 0) is 23.6 Å². The van der Waals surface area contributed by atoms with Gasteiger partial charge in [-0.2, -0.15) is 0 Å². The molecule has 1 aromatic heterocycles. The Morgan fingerprint density at radius 3 is 1.94 bits per heavy atom. The number of aromatic nitrogens is 1. The Balaban J connectivity index is 0.000000696. The number of benzene rings is 2. The highest BCUT2D eigenvalue weighted by Gasteiger charge is 2.23. The highest BCUT2D eigenvalue weighted by atomic mass is 32.3. The summed E-state index contributed by atoms with van der Waals surface area (Å²) < 4.78 is 54.1. The SMILES string of the molecule is COc1cc(Cc2[nH+]ccc3cc(OC)c(OC)cc23)c([N+](=O)[O-])cc1OC.O=S(=O)([O-])O. The van der Waals surface area contributed by atoms with Crippen molar-refractivity contribution in [2.24, 2.45) is 0 Å². The van der Waals surface area contributed by atoms with Crippen molar-refractivity contribution in [3.05, 3.63) is 57.9 Å². The second-order valence-corrected chi connectivity index (χ2v) is 7.30. The molecule has 0 radical (unpaired) electrons. The van der Waals surface area contributed by atoms with Crippen LogP contribution in [0.5, 0.6) is 23.0 Å². The van der Waals surface area contributed by atoms with E-state index in [0.717, 1.165) is 16.5 Å². The van der Waals surface area contributed by atoms with E-state index in [1.54, 1.807) is 26.5 Å². The number of nitro groups is 1. The first-order chi connectivity index (χ1) is 15.5. The normalized spacial score (nSPS) is 10.7. The van der Waals surface area contributed by atoms with Crippen molar-refractivity contribution < 1.29 is 46.4 Å². The van der Waals surface area contributed by atoms with Crippen molar-refractivity contribution in [1.82, 2.24) is 0 Å². The van der Waals surface area contributed by atoms with E-state index in [2.05, 4.69) is 4.98 Å². The Morgan fingerprint density at radius 1 is 0.939 bits per heavy atom. The number of nitrogens with one attached hydrogen (secondary N) is 1. The average molecular weight is 482 g/mol. The van der Waals surface area contributed by atoms with Crippen LogP contribution in [0.25, 0.3) is 10.8 Å². The predicted octanol–water partition coefficient (Wildman–Crippen LogP) is 2.19. The van der Waals surface area contributed by atoms with E-state index in [1.165, 1.54) is 20.3 Å². The van der Waals surface area contributed by atoms with E-state index < -0.39 is 15.3 Å². The summed E-state index contributed by atoms with van der Waals surface area (Å²) in [5, 5.41) is 13.4. The van der Waals surface area contributed by atoms with Gasteiger partial charge in [0, 0.05) is 11.6 Å². The molecule has 12 nitrogen and oxygen atoms in total.